The number of anilines is 1. The number of nitro benzene ring substituents is 1. The van der Waals surface area contributed by atoms with E-state index in [4.69, 9.17) is 5.73 Å². The van der Waals surface area contributed by atoms with Crippen molar-refractivity contribution in [1.82, 2.24) is 5.32 Å². The normalized spacial score (nSPS) is 12.7. The van der Waals surface area contributed by atoms with Gasteiger partial charge in [-0.3, -0.25) is 19.7 Å². The summed E-state index contributed by atoms with van der Waals surface area (Å²) >= 11 is 0. The van der Waals surface area contributed by atoms with Crippen LogP contribution in [0.25, 0.3) is 0 Å². The van der Waals surface area contributed by atoms with Gasteiger partial charge in [-0.15, -0.1) is 0 Å². The van der Waals surface area contributed by atoms with Gasteiger partial charge in [-0.05, 0) is 43.2 Å². The van der Waals surface area contributed by atoms with Gasteiger partial charge < -0.3 is 21.5 Å². The zero-order valence-corrected chi connectivity index (χ0v) is 14.6. The molecule has 0 saturated carbocycles. The molecule has 142 valence electrons. The van der Waals surface area contributed by atoms with E-state index in [0.29, 0.717) is 5.69 Å². The first-order chi connectivity index (χ1) is 12.8. The molecule has 0 saturated heterocycles. The van der Waals surface area contributed by atoms with Gasteiger partial charge in [-0.2, -0.15) is 0 Å². The Balaban J connectivity index is 1.87. The molecule has 0 unspecified atom stereocenters. The fraction of sp³-hybridized carbons (Fsp3) is 0.222. The van der Waals surface area contributed by atoms with Gasteiger partial charge in [0.15, 0.2) is 0 Å². The molecular formula is C18H20N4O5. The summed E-state index contributed by atoms with van der Waals surface area (Å²) in [6.45, 7) is 1.51. The average Bonchev–Trinajstić information content (AvgIpc) is 2.63. The summed E-state index contributed by atoms with van der Waals surface area (Å²) in [5.41, 5.74) is 6.93. The van der Waals surface area contributed by atoms with Crippen molar-refractivity contribution in [1.29, 1.82) is 0 Å². The first-order valence-electron chi connectivity index (χ1n) is 8.15. The van der Waals surface area contributed by atoms with Gasteiger partial charge in [0.1, 0.15) is 11.8 Å². The Morgan fingerprint density at radius 2 is 1.70 bits per heavy atom. The number of nitrogens with zero attached hydrogens (tertiary/aromatic N) is 1. The van der Waals surface area contributed by atoms with E-state index in [0.717, 1.165) is 5.56 Å². The van der Waals surface area contributed by atoms with Gasteiger partial charge in [0, 0.05) is 17.8 Å². The van der Waals surface area contributed by atoms with Crippen molar-refractivity contribution >= 4 is 23.2 Å². The molecule has 27 heavy (non-hydrogen) atoms. The highest BCUT2D eigenvalue weighted by Crippen LogP contribution is 2.15. The molecule has 0 fully saturated rings. The lowest BCUT2D eigenvalue weighted by atomic mass is 10.1. The number of non-ortho nitro benzene ring substituents is 1. The van der Waals surface area contributed by atoms with E-state index in [2.05, 4.69) is 10.6 Å². The zero-order valence-electron chi connectivity index (χ0n) is 14.6. The van der Waals surface area contributed by atoms with Gasteiger partial charge >= 0.3 is 0 Å². The molecule has 2 rings (SSSR count). The summed E-state index contributed by atoms with van der Waals surface area (Å²) in [6, 6.07) is 9.96. The van der Waals surface area contributed by atoms with Crippen LogP contribution in [-0.2, 0) is 16.0 Å². The van der Waals surface area contributed by atoms with Crippen molar-refractivity contribution in [3.05, 3.63) is 64.2 Å². The van der Waals surface area contributed by atoms with Crippen molar-refractivity contribution in [2.24, 2.45) is 5.73 Å². The summed E-state index contributed by atoms with van der Waals surface area (Å²) in [5, 5.41) is 25.0. The molecule has 0 aliphatic rings. The van der Waals surface area contributed by atoms with Crippen LogP contribution < -0.4 is 16.4 Å². The molecule has 0 bridgehead atoms. The highest BCUT2D eigenvalue weighted by Gasteiger charge is 2.20. The number of benzene rings is 2. The number of hydrogen-bond donors (Lipinski definition) is 4. The number of rotatable bonds is 7. The topological polar surface area (TPSA) is 148 Å². The largest absolute Gasteiger partial charge is 0.508 e. The number of nitro groups is 1. The predicted octanol–water partition coefficient (Wildman–Crippen LogP) is 1.31. The van der Waals surface area contributed by atoms with Gasteiger partial charge in [0.2, 0.25) is 11.8 Å². The average molecular weight is 372 g/mol. The van der Waals surface area contributed by atoms with E-state index in [-0.39, 0.29) is 17.9 Å². The molecule has 2 atom stereocenters. The molecule has 0 heterocycles. The van der Waals surface area contributed by atoms with E-state index in [1.54, 1.807) is 12.1 Å². The molecule has 2 aromatic rings. The van der Waals surface area contributed by atoms with E-state index < -0.39 is 28.8 Å². The number of amides is 2. The first-order valence-corrected chi connectivity index (χ1v) is 8.15. The van der Waals surface area contributed by atoms with Gasteiger partial charge in [-0.25, -0.2) is 0 Å². The van der Waals surface area contributed by atoms with Crippen LogP contribution in [0.4, 0.5) is 11.4 Å². The minimum absolute atomic E-state index is 0.0884. The van der Waals surface area contributed by atoms with Crippen molar-refractivity contribution in [3.8, 4) is 5.75 Å². The Morgan fingerprint density at radius 1 is 1.11 bits per heavy atom. The molecule has 0 radical (unpaired) electrons. The third-order valence-electron chi connectivity index (χ3n) is 3.83. The molecule has 5 N–H and O–H groups in total. The minimum atomic E-state index is -0.857. The number of nitrogens with two attached hydrogens (primary N) is 1. The highest BCUT2D eigenvalue weighted by atomic mass is 16.6. The third kappa shape index (κ3) is 5.79. The van der Waals surface area contributed by atoms with E-state index >= 15 is 0 Å². The number of hydrogen-bond acceptors (Lipinski definition) is 6. The smallest absolute Gasteiger partial charge is 0.269 e. The zero-order chi connectivity index (χ0) is 20.0. The number of carbonyl (C=O) groups excluding carboxylic acids is 2. The van der Waals surface area contributed by atoms with Crippen molar-refractivity contribution < 1.29 is 19.6 Å². The van der Waals surface area contributed by atoms with Crippen molar-refractivity contribution in [3.63, 3.8) is 0 Å². The molecule has 2 aromatic carbocycles. The Kier molecular flexibility index (Phi) is 6.45. The number of aromatic hydroxyl groups is 1. The lowest BCUT2D eigenvalue weighted by Gasteiger charge is -2.17. The van der Waals surface area contributed by atoms with Crippen LogP contribution in [0.3, 0.4) is 0 Å². The first kappa shape index (κ1) is 19.9. The molecule has 0 aromatic heterocycles. The van der Waals surface area contributed by atoms with Gasteiger partial charge in [0.05, 0.1) is 11.0 Å². The second-order valence-corrected chi connectivity index (χ2v) is 6.00. The van der Waals surface area contributed by atoms with Crippen molar-refractivity contribution in [2.75, 3.05) is 5.32 Å². The van der Waals surface area contributed by atoms with Crippen LogP contribution in [0.1, 0.15) is 12.5 Å². The SMILES string of the molecule is C[C@H](NC(=O)[C@@H](N)Cc1ccc(O)cc1)C(=O)Nc1ccc([N+](=O)[O-])cc1. The number of carbonyl (C=O) groups is 2. The Hall–Kier alpha value is -3.46. The number of nitrogens with one attached hydrogen (secondary N) is 2. The molecule has 0 spiro atoms. The summed E-state index contributed by atoms with van der Waals surface area (Å²) in [7, 11) is 0. The number of phenols is 1. The lowest BCUT2D eigenvalue weighted by molar-refractivity contribution is -0.384. The fourth-order valence-corrected chi connectivity index (χ4v) is 2.28. The molecule has 0 aliphatic carbocycles. The minimum Gasteiger partial charge on any atom is -0.508 e. The predicted molar refractivity (Wildman–Crippen MR) is 99.1 cm³/mol. The summed E-state index contributed by atoms with van der Waals surface area (Å²) < 4.78 is 0. The number of phenolic OH excluding ortho intramolecular Hbond substituents is 1. The molecular weight excluding hydrogens is 352 g/mol. The van der Waals surface area contributed by atoms with Crippen LogP contribution >= 0.6 is 0 Å². The van der Waals surface area contributed by atoms with Crippen LogP contribution in [-0.4, -0.2) is 33.9 Å². The second-order valence-electron chi connectivity index (χ2n) is 6.00. The van der Waals surface area contributed by atoms with Crippen LogP contribution in [0.2, 0.25) is 0 Å². The fourth-order valence-electron chi connectivity index (χ4n) is 2.28. The standard InChI is InChI=1S/C18H20N4O5/c1-11(17(24)21-13-4-6-14(7-5-13)22(26)27)20-18(25)16(19)10-12-2-8-15(23)9-3-12/h2-9,11,16,23H,10,19H2,1H3,(H,20,25)(H,21,24)/t11-,16-/m0/s1. The Bertz CT molecular complexity index is 821. The molecule has 2 amide bonds. The van der Waals surface area contributed by atoms with Gasteiger partial charge in [-0.1, -0.05) is 12.1 Å². The lowest BCUT2D eigenvalue weighted by Crippen LogP contribution is -2.49. The molecule has 9 heteroatoms. The van der Waals surface area contributed by atoms with E-state index in [1.807, 2.05) is 0 Å². The third-order valence-corrected chi connectivity index (χ3v) is 3.83. The van der Waals surface area contributed by atoms with E-state index in [1.165, 1.54) is 43.3 Å². The molecule has 9 nitrogen and oxygen atoms in total. The molecule has 0 aliphatic heterocycles. The quantitative estimate of drug-likeness (QED) is 0.425. The summed E-state index contributed by atoms with van der Waals surface area (Å²) in [6.07, 6.45) is 0.253. The van der Waals surface area contributed by atoms with Crippen molar-refractivity contribution in [2.45, 2.75) is 25.4 Å². The summed E-state index contributed by atoms with van der Waals surface area (Å²) in [4.78, 5) is 34.4. The maximum Gasteiger partial charge on any atom is 0.269 e. The second kappa shape index (κ2) is 8.77. The van der Waals surface area contributed by atoms with Gasteiger partial charge in [0.25, 0.3) is 5.69 Å². The Morgan fingerprint density at radius 3 is 2.26 bits per heavy atom. The maximum atomic E-state index is 12.2. The van der Waals surface area contributed by atoms with Crippen LogP contribution in [0, 0.1) is 10.1 Å². The monoisotopic (exact) mass is 372 g/mol. The van der Waals surface area contributed by atoms with E-state index in [9.17, 15) is 24.8 Å². The highest BCUT2D eigenvalue weighted by molar-refractivity contribution is 5.97. The Labute approximate surface area is 155 Å². The summed E-state index contributed by atoms with van der Waals surface area (Å²) in [5.74, 6) is -0.850. The van der Waals surface area contributed by atoms with Crippen LogP contribution in [0.15, 0.2) is 48.5 Å². The van der Waals surface area contributed by atoms with Crippen LogP contribution in [0.5, 0.6) is 5.75 Å². The maximum absolute atomic E-state index is 12.2.